The van der Waals surface area contributed by atoms with Gasteiger partial charge >= 0.3 is 0 Å². The van der Waals surface area contributed by atoms with E-state index in [-0.39, 0.29) is 24.3 Å². The zero-order valence-corrected chi connectivity index (χ0v) is 14.7. The summed E-state index contributed by atoms with van der Waals surface area (Å²) >= 11 is 1.58. The lowest BCUT2D eigenvalue weighted by atomic mass is 9.83. The fourth-order valence-corrected chi connectivity index (χ4v) is 3.01. The van der Waals surface area contributed by atoms with Crippen LogP contribution >= 0.6 is 11.3 Å². The largest absolute Gasteiger partial charge is 0.441 e. The smallest absolute Gasteiger partial charge is 0.227 e. The molecule has 2 N–H and O–H groups in total. The minimum Gasteiger partial charge on any atom is -0.441 e. The van der Waals surface area contributed by atoms with Gasteiger partial charge in [0, 0.05) is 22.9 Å². The first-order chi connectivity index (χ1) is 11.0. The molecular weight excluding hydrogens is 312 g/mol. The molecule has 2 aromatic heterocycles. The van der Waals surface area contributed by atoms with E-state index in [4.69, 9.17) is 4.42 Å². The molecule has 0 aromatic carbocycles. The van der Waals surface area contributed by atoms with Crippen LogP contribution in [0.3, 0.4) is 0 Å². The number of carbonyl (C=O) groups is 1. The number of aromatic nitrogens is 1. The van der Waals surface area contributed by atoms with Crippen LogP contribution in [0.1, 0.15) is 38.1 Å². The summed E-state index contributed by atoms with van der Waals surface area (Å²) in [7, 11) is 0. The van der Waals surface area contributed by atoms with Gasteiger partial charge in [0.05, 0.1) is 18.7 Å². The summed E-state index contributed by atoms with van der Waals surface area (Å²) in [6.45, 7) is 6.43. The van der Waals surface area contributed by atoms with Crippen LogP contribution in [0.2, 0.25) is 0 Å². The highest BCUT2D eigenvalue weighted by Gasteiger charge is 2.26. The third kappa shape index (κ3) is 4.20. The Bertz CT molecular complexity index is 622. The van der Waals surface area contributed by atoms with Crippen LogP contribution in [-0.2, 0) is 11.2 Å². The van der Waals surface area contributed by atoms with E-state index < -0.39 is 0 Å². The molecule has 0 spiro atoms. The Morgan fingerprint density at radius 1 is 1.43 bits per heavy atom. The molecule has 6 heteroatoms. The van der Waals surface area contributed by atoms with Crippen molar-refractivity contribution in [3.63, 3.8) is 0 Å². The summed E-state index contributed by atoms with van der Waals surface area (Å²) in [4.78, 5) is 16.6. The van der Waals surface area contributed by atoms with Crippen LogP contribution in [0.15, 0.2) is 21.2 Å². The molecule has 126 valence electrons. The second-order valence-corrected chi connectivity index (χ2v) is 6.63. The number of thiophene rings is 1. The van der Waals surface area contributed by atoms with Gasteiger partial charge < -0.3 is 14.8 Å². The van der Waals surface area contributed by atoms with Crippen molar-refractivity contribution in [2.24, 2.45) is 5.41 Å². The lowest BCUT2D eigenvalue weighted by Gasteiger charge is -2.29. The Morgan fingerprint density at radius 2 is 2.17 bits per heavy atom. The minimum absolute atomic E-state index is 0.0750. The standard InChI is InChI=1S/C17H24N2O3S/c1-4-17(5-2,11-20)10-18-15(21)8-14-12(3)22-16(19-14)13-6-7-23-9-13/h6-7,9,20H,4-5,8,10-11H2,1-3H3,(H,18,21). The van der Waals surface area contributed by atoms with E-state index in [2.05, 4.69) is 10.3 Å². The lowest BCUT2D eigenvalue weighted by molar-refractivity contribution is -0.121. The van der Waals surface area contributed by atoms with Crippen molar-refractivity contribution in [2.75, 3.05) is 13.2 Å². The van der Waals surface area contributed by atoms with E-state index >= 15 is 0 Å². The number of hydrogen-bond donors (Lipinski definition) is 2. The molecule has 2 heterocycles. The minimum atomic E-state index is -0.240. The Kier molecular flexibility index (Phi) is 5.96. The molecule has 0 atom stereocenters. The van der Waals surface area contributed by atoms with Crippen molar-refractivity contribution >= 4 is 17.2 Å². The quantitative estimate of drug-likeness (QED) is 0.776. The van der Waals surface area contributed by atoms with Crippen molar-refractivity contribution in [2.45, 2.75) is 40.0 Å². The predicted octanol–water partition coefficient (Wildman–Crippen LogP) is 3.17. The number of nitrogens with one attached hydrogen (secondary N) is 1. The van der Waals surface area contributed by atoms with Crippen LogP contribution in [0, 0.1) is 12.3 Å². The van der Waals surface area contributed by atoms with Crippen LogP contribution in [0.25, 0.3) is 11.5 Å². The number of oxazole rings is 1. The van der Waals surface area contributed by atoms with E-state index in [1.54, 1.807) is 11.3 Å². The summed E-state index contributed by atoms with van der Waals surface area (Å²) in [5.74, 6) is 1.12. The predicted molar refractivity (Wildman–Crippen MR) is 91.4 cm³/mol. The molecule has 0 aliphatic rings. The summed E-state index contributed by atoms with van der Waals surface area (Å²) in [5, 5.41) is 16.4. The normalized spacial score (nSPS) is 11.7. The van der Waals surface area contributed by atoms with E-state index in [1.807, 2.05) is 37.6 Å². The second kappa shape index (κ2) is 7.75. The zero-order chi connectivity index (χ0) is 16.9. The number of amides is 1. The molecule has 0 aliphatic carbocycles. The van der Waals surface area contributed by atoms with E-state index in [0.717, 1.165) is 18.4 Å². The van der Waals surface area contributed by atoms with Crippen molar-refractivity contribution in [3.8, 4) is 11.5 Å². The molecule has 5 nitrogen and oxygen atoms in total. The number of aryl methyl sites for hydroxylation is 1. The van der Waals surface area contributed by atoms with Gasteiger partial charge in [0.15, 0.2) is 0 Å². The highest BCUT2D eigenvalue weighted by molar-refractivity contribution is 7.08. The zero-order valence-electron chi connectivity index (χ0n) is 13.9. The van der Waals surface area contributed by atoms with E-state index in [1.165, 1.54) is 0 Å². The van der Waals surface area contributed by atoms with E-state index in [9.17, 15) is 9.90 Å². The lowest BCUT2D eigenvalue weighted by Crippen LogP contribution is -2.40. The number of aliphatic hydroxyl groups excluding tert-OH is 1. The molecule has 0 radical (unpaired) electrons. The summed E-state index contributed by atoms with van der Waals surface area (Å²) in [6.07, 6.45) is 1.84. The van der Waals surface area contributed by atoms with Gasteiger partial charge in [0.2, 0.25) is 11.8 Å². The molecule has 23 heavy (non-hydrogen) atoms. The first-order valence-electron chi connectivity index (χ1n) is 7.90. The SMILES string of the molecule is CCC(CC)(CO)CNC(=O)Cc1nc(-c2ccsc2)oc1C. The maximum absolute atomic E-state index is 12.2. The number of hydrogen-bond acceptors (Lipinski definition) is 5. The highest BCUT2D eigenvalue weighted by atomic mass is 32.1. The maximum atomic E-state index is 12.2. The molecule has 0 bridgehead atoms. The Morgan fingerprint density at radius 3 is 2.74 bits per heavy atom. The maximum Gasteiger partial charge on any atom is 0.227 e. The van der Waals surface area contributed by atoms with Crippen molar-refractivity contribution in [3.05, 3.63) is 28.3 Å². The molecular formula is C17H24N2O3S. The highest BCUT2D eigenvalue weighted by Crippen LogP contribution is 2.25. The Balaban J connectivity index is 1.98. The summed E-state index contributed by atoms with van der Waals surface area (Å²) < 4.78 is 5.64. The van der Waals surface area contributed by atoms with Gasteiger partial charge in [0.25, 0.3) is 0 Å². The van der Waals surface area contributed by atoms with Crippen LogP contribution in [0.5, 0.6) is 0 Å². The van der Waals surface area contributed by atoms with Crippen LogP contribution < -0.4 is 5.32 Å². The average Bonchev–Trinajstić information content (AvgIpc) is 3.20. The summed E-state index contributed by atoms with van der Waals surface area (Å²) in [5.41, 5.74) is 1.35. The molecule has 1 amide bonds. The van der Waals surface area contributed by atoms with Crippen LogP contribution in [-0.4, -0.2) is 29.1 Å². The number of rotatable bonds is 8. The Labute approximate surface area is 140 Å². The van der Waals surface area contributed by atoms with Crippen molar-refractivity contribution in [1.29, 1.82) is 0 Å². The van der Waals surface area contributed by atoms with Gasteiger partial charge in [0.1, 0.15) is 5.76 Å². The van der Waals surface area contributed by atoms with Crippen LogP contribution in [0.4, 0.5) is 0 Å². The molecule has 0 saturated heterocycles. The second-order valence-electron chi connectivity index (χ2n) is 5.85. The molecule has 2 aromatic rings. The average molecular weight is 336 g/mol. The van der Waals surface area contributed by atoms with Gasteiger partial charge in [-0.05, 0) is 31.2 Å². The molecule has 0 aliphatic heterocycles. The number of carbonyl (C=O) groups excluding carboxylic acids is 1. The topological polar surface area (TPSA) is 75.4 Å². The fraction of sp³-hybridized carbons (Fsp3) is 0.529. The number of nitrogens with zero attached hydrogens (tertiary/aromatic N) is 1. The number of aliphatic hydroxyl groups is 1. The Hall–Kier alpha value is -1.66. The fourth-order valence-electron chi connectivity index (χ4n) is 2.38. The monoisotopic (exact) mass is 336 g/mol. The van der Waals surface area contributed by atoms with Gasteiger partial charge in [-0.25, -0.2) is 4.98 Å². The molecule has 2 rings (SSSR count). The van der Waals surface area contributed by atoms with Gasteiger partial charge in [-0.2, -0.15) is 11.3 Å². The third-order valence-corrected chi connectivity index (χ3v) is 5.17. The third-order valence-electron chi connectivity index (χ3n) is 4.48. The molecule has 0 saturated carbocycles. The van der Waals surface area contributed by atoms with Gasteiger partial charge in [-0.3, -0.25) is 4.79 Å². The van der Waals surface area contributed by atoms with Gasteiger partial charge in [-0.15, -0.1) is 0 Å². The molecule has 0 unspecified atom stereocenters. The van der Waals surface area contributed by atoms with E-state index in [0.29, 0.717) is 23.9 Å². The first kappa shape index (κ1) is 17.7. The summed E-state index contributed by atoms with van der Waals surface area (Å²) in [6, 6.07) is 1.94. The first-order valence-corrected chi connectivity index (χ1v) is 8.84. The van der Waals surface area contributed by atoms with Crippen molar-refractivity contribution < 1.29 is 14.3 Å². The van der Waals surface area contributed by atoms with Crippen molar-refractivity contribution in [1.82, 2.24) is 10.3 Å². The van der Waals surface area contributed by atoms with Gasteiger partial charge in [-0.1, -0.05) is 13.8 Å². The molecule has 0 fully saturated rings.